The first-order valence-electron chi connectivity index (χ1n) is 6.06. The van der Waals surface area contributed by atoms with Crippen molar-refractivity contribution >= 4 is 0 Å². The third kappa shape index (κ3) is 4.01. The summed E-state index contributed by atoms with van der Waals surface area (Å²) in [6.45, 7) is -0.615. The first-order valence-corrected chi connectivity index (χ1v) is 6.06. The zero-order valence-corrected chi connectivity index (χ0v) is 10.9. The summed E-state index contributed by atoms with van der Waals surface area (Å²) >= 11 is 0. The number of hydrogen-bond donors (Lipinski definition) is 1. The molecule has 0 aromatic heterocycles. The zero-order valence-electron chi connectivity index (χ0n) is 10.9. The molecule has 21 heavy (non-hydrogen) atoms. The van der Waals surface area contributed by atoms with Crippen molar-refractivity contribution in [3.63, 3.8) is 0 Å². The highest BCUT2D eigenvalue weighted by atomic mass is 19.1. The predicted molar refractivity (Wildman–Crippen MR) is 71.1 cm³/mol. The van der Waals surface area contributed by atoms with E-state index in [1.807, 2.05) is 0 Å². The number of halogens is 3. The van der Waals surface area contributed by atoms with Gasteiger partial charge in [-0.2, -0.15) is 0 Å². The van der Waals surface area contributed by atoms with Crippen molar-refractivity contribution in [2.45, 2.75) is 6.61 Å². The topological polar surface area (TPSA) is 29.5 Å². The van der Waals surface area contributed by atoms with E-state index in [0.29, 0.717) is 5.56 Å². The summed E-state index contributed by atoms with van der Waals surface area (Å²) in [5.74, 6) is 3.36. The van der Waals surface area contributed by atoms with Crippen LogP contribution in [0.2, 0.25) is 0 Å². The molecule has 0 bridgehead atoms. The number of aliphatic hydroxyl groups excluding tert-OH is 1. The maximum Gasteiger partial charge on any atom is 0.138 e. The van der Waals surface area contributed by atoms with Crippen LogP contribution in [-0.4, -0.2) is 11.7 Å². The fourth-order valence-electron chi connectivity index (χ4n) is 1.66. The molecule has 1 N–H and O–H groups in total. The first-order chi connectivity index (χ1) is 10.1. The van der Waals surface area contributed by atoms with Gasteiger partial charge in [0, 0.05) is 11.6 Å². The lowest BCUT2D eigenvalue weighted by Crippen LogP contribution is -2.01. The predicted octanol–water partition coefficient (Wildman–Crippen LogP) is 3.03. The van der Waals surface area contributed by atoms with Gasteiger partial charge in [-0.3, -0.25) is 0 Å². The second-order valence-corrected chi connectivity index (χ2v) is 4.12. The molecule has 2 nitrogen and oxygen atoms in total. The molecule has 0 heterocycles. The van der Waals surface area contributed by atoms with Gasteiger partial charge in [-0.05, 0) is 30.3 Å². The Morgan fingerprint density at radius 1 is 1.00 bits per heavy atom. The second kappa shape index (κ2) is 6.82. The highest BCUT2D eigenvalue weighted by Gasteiger charge is 2.08. The van der Waals surface area contributed by atoms with Crippen molar-refractivity contribution in [3.05, 3.63) is 65.0 Å². The Morgan fingerprint density at radius 3 is 2.48 bits per heavy atom. The molecule has 0 saturated carbocycles. The molecule has 108 valence electrons. The largest absolute Gasteiger partial charge is 0.487 e. The smallest absolute Gasteiger partial charge is 0.138 e. The zero-order chi connectivity index (χ0) is 15.2. The molecule has 0 radical (unpaired) electrons. The number of benzene rings is 2. The molecular weight excluding hydrogens is 281 g/mol. The van der Waals surface area contributed by atoms with Crippen LogP contribution >= 0.6 is 0 Å². The summed E-state index contributed by atoms with van der Waals surface area (Å²) in [4.78, 5) is 0. The third-order valence-corrected chi connectivity index (χ3v) is 2.64. The van der Waals surface area contributed by atoms with Crippen molar-refractivity contribution in [1.29, 1.82) is 0 Å². The molecule has 0 unspecified atom stereocenters. The van der Waals surface area contributed by atoms with Gasteiger partial charge in [0.2, 0.25) is 0 Å². The molecule has 0 atom stereocenters. The van der Waals surface area contributed by atoms with Crippen LogP contribution in [0.1, 0.15) is 11.1 Å². The maximum atomic E-state index is 13.5. The monoisotopic (exact) mass is 292 g/mol. The van der Waals surface area contributed by atoms with Crippen molar-refractivity contribution in [2.24, 2.45) is 0 Å². The van der Waals surface area contributed by atoms with Gasteiger partial charge in [-0.1, -0.05) is 11.8 Å². The van der Waals surface area contributed by atoms with Gasteiger partial charge in [0.1, 0.15) is 36.4 Å². The van der Waals surface area contributed by atoms with Gasteiger partial charge in [-0.25, -0.2) is 13.2 Å². The SMILES string of the molecule is OCC#Cc1ccc(F)cc1OCc1cc(F)ccc1F. The summed E-state index contributed by atoms with van der Waals surface area (Å²) in [7, 11) is 0. The first kappa shape index (κ1) is 14.9. The summed E-state index contributed by atoms with van der Waals surface area (Å²) in [5, 5.41) is 8.67. The lowest BCUT2D eigenvalue weighted by molar-refractivity contribution is 0.296. The van der Waals surface area contributed by atoms with Crippen LogP contribution < -0.4 is 4.74 Å². The summed E-state index contributed by atoms with van der Waals surface area (Å²) in [6.07, 6.45) is 0. The molecule has 2 aromatic carbocycles. The Bertz CT molecular complexity index is 702. The Morgan fingerprint density at radius 2 is 1.71 bits per heavy atom. The van der Waals surface area contributed by atoms with E-state index in [2.05, 4.69) is 11.8 Å². The Labute approximate surface area is 119 Å². The van der Waals surface area contributed by atoms with Gasteiger partial charge in [0.15, 0.2) is 0 Å². The fourth-order valence-corrected chi connectivity index (χ4v) is 1.66. The Balaban J connectivity index is 2.23. The maximum absolute atomic E-state index is 13.5. The van der Waals surface area contributed by atoms with E-state index in [9.17, 15) is 13.2 Å². The minimum atomic E-state index is -0.615. The summed E-state index contributed by atoms with van der Waals surface area (Å²) in [6, 6.07) is 6.67. The second-order valence-electron chi connectivity index (χ2n) is 4.12. The standard InChI is InChI=1S/C16H11F3O2/c17-13-5-6-15(19)12(8-13)10-21-16-9-14(18)4-3-11(16)2-1-7-20/h3-6,8-9,20H,7,10H2. The lowest BCUT2D eigenvalue weighted by Gasteiger charge is -2.09. The van der Waals surface area contributed by atoms with E-state index >= 15 is 0 Å². The van der Waals surface area contributed by atoms with Gasteiger partial charge >= 0.3 is 0 Å². The van der Waals surface area contributed by atoms with E-state index in [1.54, 1.807) is 0 Å². The third-order valence-electron chi connectivity index (χ3n) is 2.64. The molecule has 0 saturated heterocycles. The highest BCUT2D eigenvalue weighted by molar-refractivity contribution is 5.46. The number of ether oxygens (including phenoxy) is 1. The van der Waals surface area contributed by atoms with Crippen molar-refractivity contribution in [3.8, 4) is 17.6 Å². The lowest BCUT2D eigenvalue weighted by atomic mass is 10.2. The van der Waals surface area contributed by atoms with E-state index in [1.165, 1.54) is 12.1 Å². The van der Waals surface area contributed by atoms with Crippen molar-refractivity contribution < 1.29 is 23.0 Å². The average molecular weight is 292 g/mol. The number of hydrogen-bond acceptors (Lipinski definition) is 2. The van der Waals surface area contributed by atoms with Crippen LogP contribution in [0.25, 0.3) is 0 Å². The van der Waals surface area contributed by atoms with Crippen LogP contribution in [0.4, 0.5) is 13.2 Å². The molecule has 5 heteroatoms. The van der Waals surface area contributed by atoms with E-state index in [0.717, 1.165) is 24.3 Å². The van der Waals surface area contributed by atoms with Crippen molar-refractivity contribution in [2.75, 3.05) is 6.61 Å². The van der Waals surface area contributed by atoms with Gasteiger partial charge in [-0.15, -0.1) is 0 Å². The molecular formula is C16H11F3O2. The minimum absolute atomic E-state index is 0.0142. The molecule has 0 aliphatic heterocycles. The van der Waals surface area contributed by atoms with Gasteiger partial charge < -0.3 is 9.84 Å². The average Bonchev–Trinajstić information content (AvgIpc) is 2.47. The van der Waals surface area contributed by atoms with Gasteiger partial charge in [0.25, 0.3) is 0 Å². The highest BCUT2D eigenvalue weighted by Crippen LogP contribution is 2.21. The summed E-state index contributed by atoms with van der Waals surface area (Å²) < 4.78 is 45.1. The normalized spacial score (nSPS) is 9.90. The van der Waals surface area contributed by atoms with E-state index in [-0.39, 0.29) is 24.5 Å². The van der Waals surface area contributed by atoms with Crippen LogP contribution in [-0.2, 0) is 6.61 Å². The molecule has 0 aliphatic carbocycles. The van der Waals surface area contributed by atoms with E-state index in [4.69, 9.17) is 9.84 Å². The molecule has 0 spiro atoms. The molecule has 2 rings (SSSR count). The van der Waals surface area contributed by atoms with Crippen LogP contribution in [0.15, 0.2) is 36.4 Å². The van der Waals surface area contributed by atoms with Gasteiger partial charge in [0.05, 0.1) is 5.56 Å². The fraction of sp³-hybridized carbons (Fsp3) is 0.125. The number of rotatable bonds is 3. The Hall–Kier alpha value is -2.45. The summed E-state index contributed by atoms with van der Waals surface area (Å²) in [5.41, 5.74) is 0.364. The van der Waals surface area contributed by atoms with Crippen LogP contribution in [0, 0.1) is 29.3 Å². The molecule has 0 amide bonds. The quantitative estimate of drug-likeness (QED) is 0.881. The Kier molecular flexibility index (Phi) is 4.85. The van der Waals surface area contributed by atoms with Crippen molar-refractivity contribution in [1.82, 2.24) is 0 Å². The molecule has 0 fully saturated rings. The van der Waals surface area contributed by atoms with E-state index < -0.39 is 17.5 Å². The van der Waals surface area contributed by atoms with Crippen LogP contribution in [0.5, 0.6) is 5.75 Å². The molecule has 0 aliphatic rings. The molecule has 2 aromatic rings. The van der Waals surface area contributed by atoms with Crippen LogP contribution in [0.3, 0.4) is 0 Å². The minimum Gasteiger partial charge on any atom is -0.487 e. The number of aliphatic hydroxyl groups is 1.